The predicted molar refractivity (Wildman–Crippen MR) is 75.1 cm³/mol. The monoisotopic (exact) mass is 280 g/mol. The van der Waals surface area contributed by atoms with Crippen molar-refractivity contribution < 1.29 is 19.1 Å². The van der Waals surface area contributed by atoms with E-state index in [1.54, 1.807) is 32.3 Å². The zero-order chi connectivity index (χ0) is 15.3. The van der Waals surface area contributed by atoms with E-state index in [2.05, 4.69) is 5.32 Å². The number of rotatable bonds is 2. The lowest BCUT2D eigenvalue weighted by atomic mass is 10.1. The van der Waals surface area contributed by atoms with Crippen LogP contribution in [0.4, 0.5) is 9.59 Å². The van der Waals surface area contributed by atoms with E-state index in [1.165, 1.54) is 11.0 Å². The van der Waals surface area contributed by atoms with Gasteiger partial charge in [0.2, 0.25) is 0 Å². The van der Waals surface area contributed by atoms with Crippen molar-refractivity contribution in [2.75, 3.05) is 14.1 Å². The first-order chi connectivity index (χ1) is 9.17. The molecule has 110 valence electrons. The van der Waals surface area contributed by atoms with Gasteiger partial charge >= 0.3 is 12.2 Å². The molecule has 0 unspecified atom stereocenters. The highest BCUT2D eigenvalue weighted by molar-refractivity contribution is 5.72. The van der Waals surface area contributed by atoms with Crippen LogP contribution in [-0.2, 0) is 0 Å². The quantitative estimate of drug-likeness (QED) is 0.904. The summed E-state index contributed by atoms with van der Waals surface area (Å²) in [6.07, 6.45) is -1.06. The Labute approximate surface area is 118 Å². The molecule has 6 nitrogen and oxygen atoms in total. The van der Waals surface area contributed by atoms with Crippen LogP contribution in [0.15, 0.2) is 24.3 Å². The first-order valence-corrected chi connectivity index (χ1v) is 6.16. The first kappa shape index (κ1) is 15.8. The van der Waals surface area contributed by atoms with Crippen molar-refractivity contribution in [1.29, 1.82) is 0 Å². The molecule has 0 heterocycles. The van der Waals surface area contributed by atoms with Crippen LogP contribution < -0.4 is 14.8 Å². The molecule has 0 aliphatic heterocycles. The molecule has 0 saturated heterocycles. The molecular formula is C14H20N2O4. The van der Waals surface area contributed by atoms with E-state index in [4.69, 9.17) is 9.47 Å². The van der Waals surface area contributed by atoms with Gasteiger partial charge < -0.3 is 19.7 Å². The summed E-state index contributed by atoms with van der Waals surface area (Å²) in [5.74, 6) is 0.612. The average molecular weight is 280 g/mol. The molecule has 6 heteroatoms. The van der Waals surface area contributed by atoms with Gasteiger partial charge in [-0.1, -0.05) is 6.07 Å². The number of benzene rings is 1. The number of ether oxygens (including phenoxy) is 2. The minimum Gasteiger partial charge on any atom is -0.410 e. The minimum atomic E-state index is -0.561. The molecule has 0 spiro atoms. The molecule has 0 aliphatic rings. The van der Waals surface area contributed by atoms with Gasteiger partial charge in [0.05, 0.1) is 0 Å². The van der Waals surface area contributed by atoms with E-state index in [1.807, 2.05) is 20.8 Å². The SMILES string of the molecule is CN(C)C(=O)Oc1cccc(OC(=O)NC(C)(C)C)c1. The van der Waals surface area contributed by atoms with Crippen LogP contribution >= 0.6 is 0 Å². The number of carbonyl (C=O) groups excluding carboxylic acids is 2. The van der Waals surface area contributed by atoms with Gasteiger partial charge in [0.15, 0.2) is 0 Å². The Bertz CT molecular complexity index is 492. The minimum absolute atomic E-state index is 0.302. The van der Waals surface area contributed by atoms with Gasteiger partial charge in [-0.3, -0.25) is 0 Å². The molecule has 0 aromatic heterocycles. The smallest absolute Gasteiger partial charge is 0.410 e. The molecule has 20 heavy (non-hydrogen) atoms. The molecule has 0 bridgehead atoms. The van der Waals surface area contributed by atoms with Crippen LogP contribution in [0.2, 0.25) is 0 Å². The second-order valence-corrected chi connectivity index (χ2v) is 5.50. The maximum absolute atomic E-state index is 11.6. The predicted octanol–water partition coefficient (Wildman–Crippen LogP) is 2.63. The maximum Gasteiger partial charge on any atom is 0.414 e. The van der Waals surface area contributed by atoms with Crippen molar-refractivity contribution in [2.45, 2.75) is 26.3 Å². The highest BCUT2D eigenvalue weighted by Gasteiger charge is 2.15. The summed E-state index contributed by atoms with van der Waals surface area (Å²) >= 11 is 0. The van der Waals surface area contributed by atoms with Gasteiger partial charge in [-0.2, -0.15) is 0 Å². The fourth-order valence-electron chi connectivity index (χ4n) is 1.23. The Morgan fingerprint density at radius 1 is 1.10 bits per heavy atom. The lowest BCUT2D eigenvalue weighted by Crippen LogP contribution is -2.42. The van der Waals surface area contributed by atoms with Gasteiger partial charge in [-0.25, -0.2) is 9.59 Å². The third kappa shape index (κ3) is 5.60. The first-order valence-electron chi connectivity index (χ1n) is 6.16. The molecule has 2 amide bonds. The molecule has 0 radical (unpaired) electrons. The largest absolute Gasteiger partial charge is 0.414 e. The van der Waals surface area contributed by atoms with Crippen molar-refractivity contribution in [3.63, 3.8) is 0 Å². The molecule has 0 atom stereocenters. The summed E-state index contributed by atoms with van der Waals surface area (Å²) in [6, 6.07) is 6.33. The van der Waals surface area contributed by atoms with Crippen molar-refractivity contribution in [1.82, 2.24) is 10.2 Å². The lowest BCUT2D eigenvalue weighted by molar-refractivity contribution is 0.171. The van der Waals surface area contributed by atoms with Crippen LogP contribution in [0, 0.1) is 0 Å². The molecule has 1 aromatic carbocycles. The highest BCUT2D eigenvalue weighted by Crippen LogP contribution is 2.20. The van der Waals surface area contributed by atoms with E-state index in [0.29, 0.717) is 11.5 Å². The molecule has 0 aliphatic carbocycles. The molecule has 1 N–H and O–H groups in total. The Hall–Kier alpha value is -2.24. The Morgan fingerprint density at radius 3 is 2.15 bits per heavy atom. The number of nitrogens with zero attached hydrogens (tertiary/aromatic N) is 1. The second kappa shape index (κ2) is 6.27. The molecule has 0 saturated carbocycles. The van der Waals surface area contributed by atoms with E-state index in [9.17, 15) is 9.59 Å². The zero-order valence-corrected chi connectivity index (χ0v) is 12.4. The van der Waals surface area contributed by atoms with Crippen LogP contribution in [0.5, 0.6) is 11.5 Å². The number of nitrogens with one attached hydrogen (secondary N) is 1. The summed E-state index contributed by atoms with van der Waals surface area (Å²) in [5.41, 5.74) is -0.383. The Balaban J connectivity index is 2.69. The van der Waals surface area contributed by atoms with Crippen LogP contribution in [0.3, 0.4) is 0 Å². The Kier molecular flexibility index (Phi) is 4.96. The summed E-state index contributed by atoms with van der Waals surface area (Å²) in [6.45, 7) is 5.55. The summed E-state index contributed by atoms with van der Waals surface area (Å²) < 4.78 is 10.2. The fraction of sp³-hybridized carbons (Fsp3) is 0.429. The number of hydrogen-bond acceptors (Lipinski definition) is 4. The third-order valence-corrected chi connectivity index (χ3v) is 2.06. The third-order valence-electron chi connectivity index (χ3n) is 2.06. The molecule has 1 rings (SSSR count). The highest BCUT2D eigenvalue weighted by atomic mass is 16.6. The van der Waals surface area contributed by atoms with Gasteiger partial charge in [-0.15, -0.1) is 0 Å². The van der Waals surface area contributed by atoms with Crippen molar-refractivity contribution in [3.05, 3.63) is 24.3 Å². The van der Waals surface area contributed by atoms with E-state index in [-0.39, 0.29) is 5.54 Å². The molecule has 1 aromatic rings. The topological polar surface area (TPSA) is 67.9 Å². The average Bonchev–Trinajstić information content (AvgIpc) is 2.26. The van der Waals surface area contributed by atoms with Crippen molar-refractivity contribution in [2.24, 2.45) is 0 Å². The molecular weight excluding hydrogens is 260 g/mol. The maximum atomic E-state index is 11.6. The zero-order valence-electron chi connectivity index (χ0n) is 12.4. The van der Waals surface area contributed by atoms with Gasteiger partial charge in [-0.05, 0) is 32.9 Å². The van der Waals surface area contributed by atoms with Crippen LogP contribution in [0.1, 0.15) is 20.8 Å². The molecule has 0 fully saturated rings. The van der Waals surface area contributed by atoms with Crippen molar-refractivity contribution >= 4 is 12.2 Å². The normalized spacial score (nSPS) is 10.7. The van der Waals surface area contributed by atoms with Gasteiger partial charge in [0.25, 0.3) is 0 Å². The number of hydrogen-bond donors (Lipinski definition) is 1. The van der Waals surface area contributed by atoms with Crippen LogP contribution in [-0.4, -0.2) is 36.7 Å². The Morgan fingerprint density at radius 2 is 1.65 bits per heavy atom. The summed E-state index contributed by atoms with van der Waals surface area (Å²) in [5, 5.41) is 2.67. The van der Waals surface area contributed by atoms with E-state index in [0.717, 1.165) is 0 Å². The van der Waals surface area contributed by atoms with E-state index < -0.39 is 12.2 Å². The fourth-order valence-corrected chi connectivity index (χ4v) is 1.23. The summed E-state index contributed by atoms with van der Waals surface area (Å²) in [4.78, 5) is 24.3. The van der Waals surface area contributed by atoms with Gasteiger partial charge in [0.1, 0.15) is 11.5 Å². The van der Waals surface area contributed by atoms with E-state index >= 15 is 0 Å². The standard InChI is InChI=1S/C14H20N2O4/c1-14(2,3)15-12(17)19-10-7-6-8-11(9-10)20-13(18)16(4)5/h6-9H,1-5H3,(H,15,17). The lowest BCUT2D eigenvalue weighted by Gasteiger charge is -2.19. The number of amides is 2. The van der Waals surface area contributed by atoms with Crippen molar-refractivity contribution in [3.8, 4) is 11.5 Å². The second-order valence-electron chi connectivity index (χ2n) is 5.50. The number of carbonyl (C=O) groups is 2. The summed E-state index contributed by atoms with van der Waals surface area (Å²) in [7, 11) is 3.17. The van der Waals surface area contributed by atoms with Crippen LogP contribution in [0.25, 0.3) is 0 Å². The van der Waals surface area contributed by atoms with Gasteiger partial charge in [0, 0.05) is 25.7 Å².